The standard InChI is InChI=1S/C26H31Cl2N3O/c1-17(2)15-31(16-18(3)4)25-10-8-20(19(5)14-29-6)11-24(25)30-26(32)12-21-7-9-22(27)13-23(21)28/h7-11,13-14,17-18H,12,15-16H2,1-5H3,(H,30,32)/b19-14+. The van der Waals surface area contributed by atoms with Crippen LogP contribution in [0.2, 0.25) is 10.0 Å². The summed E-state index contributed by atoms with van der Waals surface area (Å²) in [5.41, 5.74) is 4.18. The van der Waals surface area contributed by atoms with Crippen LogP contribution in [0.4, 0.5) is 11.4 Å². The van der Waals surface area contributed by atoms with E-state index in [2.05, 4.69) is 42.8 Å². The first kappa shape index (κ1) is 25.8. The number of carbonyl (C=O) groups excluding carboxylic acids is 1. The number of nitrogens with one attached hydrogen (secondary N) is 1. The Bertz CT molecular complexity index is 1010. The van der Waals surface area contributed by atoms with Crippen LogP contribution in [0.3, 0.4) is 0 Å². The number of hydrogen-bond acceptors (Lipinski definition) is 2. The van der Waals surface area contributed by atoms with Gasteiger partial charge in [-0.3, -0.25) is 4.79 Å². The highest BCUT2D eigenvalue weighted by Crippen LogP contribution is 2.32. The molecule has 0 aliphatic rings. The zero-order chi connectivity index (χ0) is 23.8. The molecule has 0 fully saturated rings. The van der Waals surface area contributed by atoms with Gasteiger partial charge in [-0.15, -0.1) is 0 Å². The predicted octanol–water partition coefficient (Wildman–Crippen LogP) is 7.57. The Morgan fingerprint density at radius 2 is 1.75 bits per heavy atom. The number of nitrogens with zero attached hydrogens (tertiary/aromatic N) is 2. The fraction of sp³-hybridized carbons (Fsp3) is 0.385. The van der Waals surface area contributed by atoms with Gasteiger partial charge in [0.15, 0.2) is 6.20 Å². The Kier molecular flexibility index (Phi) is 9.62. The number of rotatable bonds is 9. The van der Waals surface area contributed by atoms with Gasteiger partial charge in [0.1, 0.15) is 0 Å². The van der Waals surface area contributed by atoms with Crippen molar-refractivity contribution in [3.8, 4) is 0 Å². The minimum Gasteiger partial charge on any atom is -0.369 e. The first-order valence-corrected chi connectivity index (χ1v) is 11.5. The van der Waals surface area contributed by atoms with Gasteiger partial charge in [-0.05, 0) is 59.7 Å². The highest BCUT2D eigenvalue weighted by Gasteiger charge is 2.17. The van der Waals surface area contributed by atoms with Crippen molar-refractivity contribution in [1.29, 1.82) is 0 Å². The fourth-order valence-electron chi connectivity index (χ4n) is 3.51. The molecule has 1 amide bonds. The van der Waals surface area contributed by atoms with Crippen LogP contribution < -0.4 is 10.2 Å². The van der Waals surface area contributed by atoms with E-state index in [1.165, 1.54) is 6.20 Å². The highest BCUT2D eigenvalue weighted by molar-refractivity contribution is 6.35. The monoisotopic (exact) mass is 471 g/mol. The quantitative estimate of drug-likeness (QED) is 0.382. The van der Waals surface area contributed by atoms with Crippen molar-refractivity contribution in [1.82, 2.24) is 0 Å². The zero-order valence-corrected chi connectivity index (χ0v) is 20.9. The maximum Gasteiger partial charge on any atom is 0.228 e. The molecule has 0 radical (unpaired) electrons. The van der Waals surface area contributed by atoms with Crippen molar-refractivity contribution in [2.24, 2.45) is 11.8 Å². The lowest BCUT2D eigenvalue weighted by Gasteiger charge is -2.31. The summed E-state index contributed by atoms with van der Waals surface area (Å²) in [6.45, 7) is 19.5. The number of benzene rings is 2. The Balaban J connectivity index is 2.42. The third kappa shape index (κ3) is 7.58. The molecule has 0 unspecified atom stereocenters. The van der Waals surface area contributed by atoms with Crippen LogP contribution in [-0.4, -0.2) is 19.0 Å². The second kappa shape index (κ2) is 11.9. The SMILES string of the molecule is [C-]#[N+]/C=C(\C)c1ccc(N(CC(C)C)CC(C)C)c(NC(=O)Cc2ccc(Cl)cc2Cl)c1. The number of carbonyl (C=O) groups is 1. The molecule has 170 valence electrons. The predicted molar refractivity (Wildman–Crippen MR) is 137 cm³/mol. The van der Waals surface area contributed by atoms with E-state index in [0.717, 1.165) is 41.2 Å². The van der Waals surface area contributed by atoms with Gasteiger partial charge in [0, 0.05) is 23.1 Å². The number of anilines is 2. The van der Waals surface area contributed by atoms with Gasteiger partial charge in [0.05, 0.1) is 24.4 Å². The van der Waals surface area contributed by atoms with Crippen molar-refractivity contribution >= 4 is 46.1 Å². The molecule has 0 saturated carbocycles. The summed E-state index contributed by atoms with van der Waals surface area (Å²) in [5.74, 6) is 0.774. The molecule has 6 heteroatoms. The summed E-state index contributed by atoms with van der Waals surface area (Å²) < 4.78 is 0. The van der Waals surface area contributed by atoms with Crippen molar-refractivity contribution < 1.29 is 4.79 Å². The molecule has 32 heavy (non-hydrogen) atoms. The molecule has 1 N–H and O–H groups in total. The molecule has 0 aromatic heterocycles. The van der Waals surface area contributed by atoms with E-state index < -0.39 is 0 Å². The molecule has 2 aromatic carbocycles. The van der Waals surface area contributed by atoms with Gasteiger partial charge in [0.2, 0.25) is 5.91 Å². The molecular weight excluding hydrogens is 441 g/mol. The van der Waals surface area contributed by atoms with E-state index in [4.69, 9.17) is 29.8 Å². The van der Waals surface area contributed by atoms with Gasteiger partial charge in [0.25, 0.3) is 0 Å². The minimum atomic E-state index is -0.159. The van der Waals surface area contributed by atoms with Crippen molar-refractivity contribution in [2.45, 2.75) is 41.0 Å². The Morgan fingerprint density at radius 3 is 2.31 bits per heavy atom. The zero-order valence-electron chi connectivity index (χ0n) is 19.4. The molecule has 2 rings (SSSR count). The molecule has 0 bridgehead atoms. The second-order valence-corrected chi connectivity index (χ2v) is 9.67. The number of allylic oxidation sites excluding steroid dienone is 1. The van der Waals surface area contributed by atoms with Crippen molar-refractivity contribution in [3.63, 3.8) is 0 Å². The van der Waals surface area contributed by atoms with Gasteiger partial charge >= 0.3 is 0 Å². The van der Waals surface area contributed by atoms with Crippen LogP contribution >= 0.6 is 23.2 Å². The van der Waals surface area contributed by atoms with Crippen molar-refractivity contribution in [2.75, 3.05) is 23.3 Å². The van der Waals surface area contributed by atoms with Crippen LogP contribution in [0.25, 0.3) is 10.4 Å². The maximum atomic E-state index is 13.0. The van der Waals surface area contributed by atoms with Crippen LogP contribution in [0, 0.1) is 18.4 Å². The molecule has 0 atom stereocenters. The first-order chi connectivity index (χ1) is 15.1. The molecule has 0 heterocycles. The number of amides is 1. The topological polar surface area (TPSA) is 36.7 Å². The van der Waals surface area contributed by atoms with E-state index in [1.54, 1.807) is 18.2 Å². The average Bonchev–Trinajstić information content (AvgIpc) is 2.69. The second-order valence-electron chi connectivity index (χ2n) is 8.83. The summed E-state index contributed by atoms with van der Waals surface area (Å²) in [4.78, 5) is 18.7. The molecule has 0 aliphatic heterocycles. The fourth-order valence-corrected chi connectivity index (χ4v) is 3.99. The van der Waals surface area contributed by atoms with Crippen LogP contribution in [0.15, 0.2) is 42.6 Å². The molecule has 2 aromatic rings. The first-order valence-electron chi connectivity index (χ1n) is 10.8. The number of hydrogen-bond donors (Lipinski definition) is 1. The lowest BCUT2D eigenvalue weighted by molar-refractivity contribution is -0.115. The molecule has 4 nitrogen and oxygen atoms in total. The van der Waals surface area contributed by atoms with Crippen LogP contribution in [0.5, 0.6) is 0 Å². The third-order valence-electron chi connectivity index (χ3n) is 4.86. The van der Waals surface area contributed by atoms with E-state index >= 15 is 0 Å². The molecule has 0 spiro atoms. The summed E-state index contributed by atoms with van der Waals surface area (Å²) in [5, 5.41) is 4.10. The normalized spacial score (nSPS) is 11.6. The Hall–Kier alpha value is -2.48. The molecular formula is C26H31Cl2N3O. The lowest BCUT2D eigenvalue weighted by Crippen LogP contribution is -2.32. The van der Waals surface area contributed by atoms with Crippen LogP contribution in [0.1, 0.15) is 45.7 Å². The lowest BCUT2D eigenvalue weighted by atomic mass is 10.0. The average molecular weight is 472 g/mol. The van der Waals surface area contributed by atoms with E-state index in [0.29, 0.717) is 21.9 Å². The summed E-state index contributed by atoms with van der Waals surface area (Å²) >= 11 is 12.2. The molecule has 0 saturated heterocycles. The van der Waals surface area contributed by atoms with E-state index in [9.17, 15) is 4.79 Å². The largest absolute Gasteiger partial charge is 0.369 e. The number of halogens is 2. The Morgan fingerprint density at radius 1 is 1.09 bits per heavy atom. The van der Waals surface area contributed by atoms with Gasteiger partial charge in [-0.25, -0.2) is 4.85 Å². The third-order valence-corrected chi connectivity index (χ3v) is 5.45. The van der Waals surface area contributed by atoms with Gasteiger partial charge in [-0.1, -0.05) is 63.0 Å². The summed E-state index contributed by atoms with van der Waals surface area (Å²) in [6.07, 6.45) is 1.64. The maximum absolute atomic E-state index is 13.0. The van der Waals surface area contributed by atoms with Crippen LogP contribution in [-0.2, 0) is 11.2 Å². The van der Waals surface area contributed by atoms with Crippen molar-refractivity contribution in [3.05, 3.63) is 75.2 Å². The Labute approximate surface area is 202 Å². The van der Waals surface area contributed by atoms with E-state index in [-0.39, 0.29) is 12.3 Å². The van der Waals surface area contributed by atoms with Gasteiger partial charge < -0.3 is 10.2 Å². The summed E-state index contributed by atoms with van der Waals surface area (Å²) in [6, 6.07) is 11.1. The summed E-state index contributed by atoms with van der Waals surface area (Å²) in [7, 11) is 0. The highest BCUT2D eigenvalue weighted by atomic mass is 35.5. The smallest absolute Gasteiger partial charge is 0.228 e. The minimum absolute atomic E-state index is 0.144. The van der Waals surface area contributed by atoms with E-state index in [1.807, 2.05) is 25.1 Å². The molecule has 0 aliphatic carbocycles. The van der Waals surface area contributed by atoms with Gasteiger partial charge in [-0.2, -0.15) is 0 Å².